The van der Waals surface area contributed by atoms with Crippen molar-refractivity contribution in [1.29, 1.82) is 0 Å². The molecule has 0 amide bonds. The molecule has 0 saturated heterocycles. The number of rotatable bonds is 3. The van der Waals surface area contributed by atoms with E-state index in [4.69, 9.17) is 10.8 Å². The fourth-order valence-corrected chi connectivity index (χ4v) is 2.04. The number of hydrogen-bond acceptors (Lipinski definition) is 3. The molecule has 2 rings (SSSR count). The van der Waals surface area contributed by atoms with Crippen LogP contribution in [0.2, 0.25) is 0 Å². The third-order valence-corrected chi connectivity index (χ3v) is 3.26. The lowest BCUT2D eigenvalue weighted by atomic mass is 10.1. The fourth-order valence-electron chi connectivity index (χ4n) is 1.68. The minimum Gasteiger partial charge on any atom is -0.478 e. The molecule has 4 N–H and O–H groups in total. The number of carboxylic acids is 1. The molecule has 5 heteroatoms. The summed E-state index contributed by atoms with van der Waals surface area (Å²) in [5, 5.41) is 12.1. The lowest BCUT2D eigenvalue weighted by molar-refractivity contribution is 0.0697. The van der Waals surface area contributed by atoms with Gasteiger partial charge >= 0.3 is 5.97 Å². The molecule has 0 aliphatic rings. The number of anilines is 3. The van der Waals surface area contributed by atoms with Gasteiger partial charge in [-0.2, -0.15) is 0 Å². The van der Waals surface area contributed by atoms with Crippen molar-refractivity contribution in [2.24, 2.45) is 0 Å². The zero-order valence-electron chi connectivity index (χ0n) is 10.3. The van der Waals surface area contributed by atoms with Gasteiger partial charge in [-0.15, -0.1) is 0 Å². The molecule has 4 nitrogen and oxygen atoms in total. The van der Waals surface area contributed by atoms with E-state index in [-0.39, 0.29) is 5.56 Å². The largest absolute Gasteiger partial charge is 0.478 e. The van der Waals surface area contributed by atoms with Gasteiger partial charge in [0.1, 0.15) is 0 Å². The Morgan fingerprint density at radius 3 is 2.58 bits per heavy atom. The second-order valence-electron chi connectivity index (χ2n) is 4.19. The van der Waals surface area contributed by atoms with E-state index < -0.39 is 5.97 Å². The van der Waals surface area contributed by atoms with E-state index in [1.165, 1.54) is 12.1 Å². The minimum atomic E-state index is -0.989. The highest BCUT2D eigenvalue weighted by Crippen LogP contribution is 2.28. The summed E-state index contributed by atoms with van der Waals surface area (Å²) in [6.07, 6.45) is 0. The Balaban J connectivity index is 2.33. The molecule has 0 fully saturated rings. The molecule has 0 radical (unpaired) electrons. The van der Waals surface area contributed by atoms with Gasteiger partial charge in [0.15, 0.2) is 0 Å². The average Bonchev–Trinajstić information content (AvgIpc) is 2.36. The Hall–Kier alpha value is -2.01. The Bertz CT molecular complexity index is 641. The highest BCUT2D eigenvalue weighted by atomic mass is 79.9. The Morgan fingerprint density at radius 1 is 1.21 bits per heavy atom. The number of benzene rings is 2. The molecule has 0 aliphatic carbocycles. The monoisotopic (exact) mass is 320 g/mol. The van der Waals surface area contributed by atoms with Crippen LogP contribution in [-0.4, -0.2) is 11.1 Å². The molecule has 0 saturated carbocycles. The standard InChI is InChI=1S/C14H13BrN2O2/c1-8-2-4-10(15)7-13(8)17-12-5-3-9(14(18)19)6-11(12)16/h2-7,17H,16H2,1H3,(H,18,19). The number of carboxylic acid groups (broad SMARTS) is 1. The molecule has 2 aromatic rings. The van der Waals surface area contributed by atoms with Crippen molar-refractivity contribution in [3.63, 3.8) is 0 Å². The van der Waals surface area contributed by atoms with Crippen LogP contribution in [0.3, 0.4) is 0 Å². The lowest BCUT2D eigenvalue weighted by Crippen LogP contribution is -2.02. The maximum absolute atomic E-state index is 10.8. The summed E-state index contributed by atoms with van der Waals surface area (Å²) >= 11 is 3.41. The van der Waals surface area contributed by atoms with E-state index in [2.05, 4.69) is 21.2 Å². The Labute approximate surface area is 119 Å². The predicted octanol–water partition coefficient (Wildman–Crippen LogP) is 3.78. The summed E-state index contributed by atoms with van der Waals surface area (Å²) in [6.45, 7) is 1.98. The maximum Gasteiger partial charge on any atom is 0.335 e. The van der Waals surface area contributed by atoms with Crippen LogP contribution in [-0.2, 0) is 0 Å². The molecule has 0 aliphatic heterocycles. The molecule has 0 bridgehead atoms. The zero-order chi connectivity index (χ0) is 14.0. The summed E-state index contributed by atoms with van der Waals surface area (Å²) in [5.41, 5.74) is 9.12. The first-order valence-corrected chi connectivity index (χ1v) is 6.42. The van der Waals surface area contributed by atoms with Gasteiger partial charge in [0.2, 0.25) is 0 Å². The van der Waals surface area contributed by atoms with Crippen LogP contribution in [0.15, 0.2) is 40.9 Å². The molecular formula is C14H13BrN2O2. The van der Waals surface area contributed by atoms with Gasteiger partial charge in [-0.1, -0.05) is 22.0 Å². The lowest BCUT2D eigenvalue weighted by Gasteiger charge is -2.12. The van der Waals surface area contributed by atoms with Crippen LogP contribution in [0.5, 0.6) is 0 Å². The number of hydrogen-bond donors (Lipinski definition) is 3. The summed E-state index contributed by atoms with van der Waals surface area (Å²) in [7, 11) is 0. The smallest absolute Gasteiger partial charge is 0.335 e. The van der Waals surface area contributed by atoms with Gasteiger partial charge in [-0.05, 0) is 42.8 Å². The Kier molecular flexibility index (Phi) is 3.76. The summed E-state index contributed by atoms with van der Waals surface area (Å²) in [6, 6.07) is 10.5. The quantitative estimate of drug-likeness (QED) is 0.752. The number of aromatic carboxylic acids is 1. The van der Waals surface area contributed by atoms with Crippen LogP contribution in [0.1, 0.15) is 15.9 Å². The second kappa shape index (κ2) is 5.32. The number of nitrogens with two attached hydrogens (primary N) is 1. The molecule has 19 heavy (non-hydrogen) atoms. The first-order chi connectivity index (χ1) is 8.97. The molecular weight excluding hydrogens is 308 g/mol. The van der Waals surface area contributed by atoms with Crippen LogP contribution < -0.4 is 11.1 Å². The van der Waals surface area contributed by atoms with Gasteiger partial charge in [0.25, 0.3) is 0 Å². The second-order valence-corrected chi connectivity index (χ2v) is 5.11. The zero-order valence-corrected chi connectivity index (χ0v) is 11.9. The molecule has 0 spiro atoms. The van der Waals surface area contributed by atoms with Crippen LogP contribution in [0.4, 0.5) is 17.1 Å². The van der Waals surface area contributed by atoms with Crippen molar-refractivity contribution in [3.05, 3.63) is 52.0 Å². The fraction of sp³-hybridized carbons (Fsp3) is 0.0714. The van der Waals surface area contributed by atoms with Crippen molar-refractivity contribution in [2.45, 2.75) is 6.92 Å². The van der Waals surface area contributed by atoms with E-state index in [9.17, 15) is 4.79 Å². The number of aryl methyl sites for hydroxylation is 1. The molecule has 98 valence electrons. The van der Waals surface area contributed by atoms with Gasteiger partial charge in [-0.3, -0.25) is 0 Å². The van der Waals surface area contributed by atoms with Gasteiger partial charge in [-0.25, -0.2) is 4.79 Å². The van der Waals surface area contributed by atoms with Crippen molar-refractivity contribution in [2.75, 3.05) is 11.1 Å². The first-order valence-electron chi connectivity index (χ1n) is 5.63. The van der Waals surface area contributed by atoms with Gasteiger partial charge < -0.3 is 16.2 Å². The van der Waals surface area contributed by atoms with E-state index in [1.54, 1.807) is 6.07 Å². The molecule has 0 heterocycles. The third kappa shape index (κ3) is 3.06. The van der Waals surface area contributed by atoms with Crippen LogP contribution in [0.25, 0.3) is 0 Å². The van der Waals surface area contributed by atoms with Crippen molar-refractivity contribution in [1.82, 2.24) is 0 Å². The third-order valence-electron chi connectivity index (χ3n) is 2.77. The molecule has 0 aromatic heterocycles. The summed E-state index contributed by atoms with van der Waals surface area (Å²) < 4.78 is 0.960. The van der Waals surface area contributed by atoms with E-state index in [0.29, 0.717) is 11.4 Å². The SMILES string of the molecule is Cc1ccc(Br)cc1Nc1ccc(C(=O)O)cc1N. The molecule has 0 atom stereocenters. The molecule has 0 unspecified atom stereocenters. The van der Waals surface area contributed by atoms with Gasteiger partial charge in [0, 0.05) is 10.2 Å². The Morgan fingerprint density at radius 2 is 1.95 bits per heavy atom. The predicted molar refractivity (Wildman–Crippen MR) is 80.0 cm³/mol. The van der Waals surface area contributed by atoms with E-state index >= 15 is 0 Å². The van der Waals surface area contributed by atoms with Crippen molar-refractivity contribution >= 4 is 39.0 Å². The normalized spacial score (nSPS) is 10.2. The number of halogens is 1. The van der Waals surface area contributed by atoms with Gasteiger partial charge in [0.05, 0.1) is 16.9 Å². The highest BCUT2D eigenvalue weighted by Gasteiger charge is 2.07. The highest BCUT2D eigenvalue weighted by molar-refractivity contribution is 9.10. The van der Waals surface area contributed by atoms with Crippen LogP contribution >= 0.6 is 15.9 Å². The molecule has 2 aromatic carbocycles. The number of nitrogen functional groups attached to an aromatic ring is 1. The minimum absolute atomic E-state index is 0.175. The maximum atomic E-state index is 10.8. The number of carbonyl (C=O) groups is 1. The van der Waals surface area contributed by atoms with Crippen LogP contribution in [0, 0.1) is 6.92 Å². The van der Waals surface area contributed by atoms with Crippen molar-refractivity contribution in [3.8, 4) is 0 Å². The first kappa shape index (κ1) is 13.4. The summed E-state index contributed by atoms with van der Waals surface area (Å²) in [4.78, 5) is 10.8. The summed E-state index contributed by atoms with van der Waals surface area (Å²) in [5.74, 6) is -0.989. The average molecular weight is 321 g/mol. The van der Waals surface area contributed by atoms with E-state index in [0.717, 1.165) is 15.7 Å². The topological polar surface area (TPSA) is 75.3 Å². The number of nitrogens with one attached hydrogen (secondary N) is 1. The van der Waals surface area contributed by atoms with Crippen molar-refractivity contribution < 1.29 is 9.90 Å². The van der Waals surface area contributed by atoms with E-state index in [1.807, 2.05) is 25.1 Å².